The summed E-state index contributed by atoms with van der Waals surface area (Å²) in [5, 5.41) is 0. The molecule has 0 nitrogen and oxygen atoms in total. The molecule has 0 amide bonds. The van der Waals surface area contributed by atoms with Crippen LogP contribution < -0.4 is 0 Å². The summed E-state index contributed by atoms with van der Waals surface area (Å²) in [4.78, 5) is 0. The maximum atomic E-state index is 4.93. The van der Waals surface area contributed by atoms with E-state index in [-0.39, 0.29) is 14.9 Å². The molecular formula is C21H44Cl2SiZr. The average Bonchev–Trinajstić information content (AvgIpc) is 3.02. The van der Waals surface area contributed by atoms with Crippen LogP contribution in [0.2, 0.25) is 24.2 Å². The predicted octanol–water partition coefficient (Wildman–Crippen LogP) is 8.87. The number of rotatable bonds is 4. The van der Waals surface area contributed by atoms with E-state index in [4.69, 9.17) is 17.0 Å². The molecule has 0 aromatic carbocycles. The Hall–Kier alpha value is 1.68. The Balaban J connectivity index is 0. The summed E-state index contributed by atoms with van der Waals surface area (Å²) in [5.41, 5.74) is 2.18. The van der Waals surface area contributed by atoms with Crippen LogP contribution in [0.5, 0.6) is 0 Å². The van der Waals surface area contributed by atoms with Crippen LogP contribution in [0, 0.1) is 44.4 Å². The second-order valence-electron chi connectivity index (χ2n) is 9.02. The molecule has 25 heavy (non-hydrogen) atoms. The zero-order valence-corrected chi connectivity index (χ0v) is 23.3. The summed E-state index contributed by atoms with van der Waals surface area (Å²) in [5.74, 6) is 4.88. The van der Waals surface area contributed by atoms with Crippen molar-refractivity contribution < 1.29 is 20.8 Å². The van der Waals surface area contributed by atoms with Gasteiger partial charge in [0.1, 0.15) is 0 Å². The molecule has 0 aromatic rings. The van der Waals surface area contributed by atoms with Crippen LogP contribution in [-0.2, 0) is 20.8 Å². The summed E-state index contributed by atoms with van der Waals surface area (Å²) in [7, 11) is 8.75. The van der Waals surface area contributed by atoms with Gasteiger partial charge in [0.2, 0.25) is 0 Å². The molecule has 0 aliphatic heterocycles. The second kappa shape index (κ2) is 13.0. The van der Waals surface area contributed by atoms with Gasteiger partial charge in [0.25, 0.3) is 0 Å². The van der Waals surface area contributed by atoms with Gasteiger partial charge in [0.15, 0.2) is 0 Å². The van der Waals surface area contributed by atoms with Crippen LogP contribution in [0.3, 0.4) is 0 Å². The van der Waals surface area contributed by atoms with Crippen molar-refractivity contribution >= 4 is 25.1 Å². The van der Waals surface area contributed by atoms with Gasteiger partial charge < -0.3 is 14.9 Å². The molecule has 0 radical (unpaired) electrons. The van der Waals surface area contributed by atoms with Gasteiger partial charge in [0, 0.05) is 0 Å². The van der Waals surface area contributed by atoms with Crippen LogP contribution in [-0.4, -0.2) is 8.07 Å². The Morgan fingerprint density at radius 2 is 1.32 bits per heavy atom. The molecule has 0 N–H and O–H groups in total. The van der Waals surface area contributed by atoms with Crippen LogP contribution in [0.1, 0.15) is 66.7 Å². The van der Waals surface area contributed by atoms with E-state index in [0.717, 1.165) is 40.7 Å². The number of hydrogen-bond donors (Lipinski definition) is 0. The Morgan fingerprint density at radius 1 is 0.880 bits per heavy atom. The molecule has 2 aliphatic carbocycles. The molecule has 4 heteroatoms. The van der Waals surface area contributed by atoms with E-state index < -0.39 is 28.9 Å². The van der Waals surface area contributed by atoms with Crippen LogP contribution in [0.4, 0.5) is 0 Å². The van der Waals surface area contributed by atoms with E-state index in [0.29, 0.717) is 0 Å². The van der Waals surface area contributed by atoms with Gasteiger partial charge in [-0.15, -0.1) is 0 Å². The summed E-state index contributed by atoms with van der Waals surface area (Å²) in [6, 6.07) is 0. The van der Waals surface area contributed by atoms with Crippen molar-refractivity contribution in [3.63, 3.8) is 0 Å². The van der Waals surface area contributed by atoms with E-state index in [1.807, 2.05) is 0 Å². The van der Waals surface area contributed by atoms with Gasteiger partial charge in [-0.05, 0) is 47.1 Å². The monoisotopic (exact) mass is 484 g/mol. The normalized spacial score (nSPS) is 37.2. The number of halogens is 2. The standard InChI is InChI=1S/C19H38Si.2CH3.2ClH.Zr/c1-8-9-17-10-11-18(12-17)20(6,7)19-15(4)13(2)14(3)16(19)5;;;;;/h13-19H,8-12H2,1-7H3;2*1H3;2*1H;/q;2*-1;;;+4/p-2. The van der Waals surface area contributed by atoms with Crippen molar-refractivity contribution in [1.29, 1.82) is 0 Å². The third kappa shape index (κ3) is 6.90. The number of hydrogen-bond acceptors (Lipinski definition) is 0. The summed E-state index contributed by atoms with van der Waals surface area (Å²) in [6.45, 7) is 18.0. The van der Waals surface area contributed by atoms with E-state index in [1.165, 1.54) is 19.3 Å². The second-order valence-corrected chi connectivity index (χ2v) is 17.9. The molecule has 6 atom stereocenters. The third-order valence-electron chi connectivity index (χ3n) is 7.77. The van der Waals surface area contributed by atoms with Crippen molar-refractivity contribution in [2.24, 2.45) is 29.6 Å². The fourth-order valence-corrected chi connectivity index (χ4v) is 11.9. The molecule has 2 saturated carbocycles. The van der Waals surface area contributed by atoms with Gasteiger partial charge in [-0.2, -0.15) is 0 Å². The maximum absolute atomic E-state index is 4.93. The quantitative estimate of drug-likeness (QED) is 0.275. The van der Waals surface area contributed by atoms with Gasteiger partial charge in [-0.1, -0.05) is 73.4 Å². The van der Waals surface area contributed by atoms with Crippen molar-refractivity contribution in [3.05, 3.63) is 14.9 Å². The topological polar surface area (TPSA) is 0 Å². The molecular weight excluding hydrogens is 442 g/mol. The van der Waals surface area contributed by atoms with Crippen LogP contribution in [0.25, 0.3) is 0 Å². The van der Waals surface area contributed by atoms with Gasteiger partial charge in [-0.25, -0.2) is 0 Å². The van der Waals surface area contributed by atoms with Crippen molar-refractivity contribution in [3.8, 4) is 0 Å². The summed E-state index contributed by atoms with van der Waals surface area (Å²) >= 11 is -0.826. The zero-order chi connectivity index (χ0) is 17.8. The van der Waals surface area contributed by atoms with Crippen LogP contribution >= 0.6 is 17.0 Å². The van der Waals surface area contributed by atoms with Gasteiger partial charge >= 0.3 is 37.9 Å². The fraction of sp³-hybridized carbons (Fsp3) is 0.905. The van der Waals surface area contributed by atoms with E-state index in [1.54, 1.807) is 12.8 Å². The zero-order valence-electron chi connectivity index (χ0n) is 18.3. The first-order valence-electron chi connectivity index (χ1n) is 9.68. The Labute approximate surface area is 180 Å². The molecule has 0 saturated heterocycles. The predicted molar refractivity (Wildman–Crippen MR) is 118 cm³/mol. The summed E-state index contributed by atoms with van der Waals surface area (Å²) < 4.78 is 0. The fourth-order valence-electron chi connectivity index (χ4n) is 6.14. The summed E-state index contributed by atoms with van der Waals surface area (Å²) in [6.07, 6.45) is 7.55. The first-order chi connectivity index (χ1) is 10.7. The molecule has 2 fully saturated rings. The van der Waals surface area contributed by atoms with E-state index in [9.17, 15) is 0 Å². The molecule has 6 unspecified atom stereocenters. The van der Waals surface area contributed by atoms with Crippen molar-refractivity contribution in [2.45, 2.75) is 90.9 Å². The van der Waals surface area contributed by atoms with E-state index >= 15 is 0 Å². The minimum atomic E-state index is -1.12. The average molecular weight is 487 g/mol. The molecule has 0 heterocycles. The first kappa shape index (κ1) is 28.9. The molecule has 0 aromatic heterocycles. The Morgan fingerprint density at radius 3 is 1.72 bits per heavy atom. The van der Waals surface area contributed by atoms with Gasteiger partial charge in [-0.3, -0.25) is 0 Å². The molecule has 2 aliphatic rings. The first-order valence-corrected chi connectivity index (χ1v) is 19.2. The molecule has 0 spiro atoms. The van der Waals surface area contributed by atoms with Gasteiger partial charge in [0.05, 0.1) is 8.07 Å². The molecule has 2 rings (SSSR count). The molecule has 150 valence electrons. The molecule has 0 bridgehead atoms. The van der Waals surface area contributed by atoms with E-state index in [2.05, 4.69) is 47.7 Å². The third-order valence-corrected chi connectivity index (χ3v) is 13.2. The van der Waals surface area contributed by atoms with Crippen molar-refractivity contribution in [1.82, 2.24) is 0 Å². The Kier molecular flexibility index (Phi) is 15.0. The SMILES string of the molecule is CCCC1CCC([Si](C)(C)C2C(C)C(C)C(C)C2C)C1.[CH3-].[CH3-].[Cl][Zr+2][Cl]. The van der Waals surface area contributed by atoms with Crippen molar-refractivity contribution in [2.75, 3.05) is 0 Å². The minimum absolute atomic E-state index is 0. The Bertz CT molecular complexity index is 337. The van der Waals surface area contributed by atoms with Crippen LogP contribution in [0.15, 0.2) is 0 Å².